The first kappa shape index (κ1) is 14.4. The highest BCUT2D eigenvalue weighted by atomic mass is 32.1. The number of nitrogens with one attached hydrogen (secondary N) is 2. The van der Waals surface area contributed by atoms with Gasteiger partial charge >= 0.3 is 0 Å². The minimum absolute atomic E-state index is 0.0410. The van der Waals surface area contributed by atoms with Crippen molar-refractivity contribution in [2.45, 2.75) is 12.5 Å². The summed E-state index contributed by atoms with van der Waals surface area (Å²) >= 11 is 1.28. The van der Waals surface area contributed by atoms with Gasteiger partial charge < -0.3 is 0 Å². The van der Waals surface area contributed by atoms with Crippen LogP contribution in [0.2, 0.25) is 0 Å². The molecule has 2 amide bonds. The molecule has 1 atom stereocenters. The maximum absolute atomic E-state index is 13.8. The van der Waals surface area contributed by atoms with Crippen LogP contribution in [-0.4, -0.2) is 17.8 Å². The third kappa shape index (κ3) is 3.04. The van der Waals surface area contributed by atoms with E-state index in [1.165, 1.54) is 17.4 Å². The Kier molecular flexibility index (Phi) is 3.97. The van der Waals surface area contributed by atoms with E-state index in [9.17, 15) is 14.0 Å². The van der Waals surface area contributed by atoms with E-state index in [4.69, 9.17) is 0 Å². The Balaban J connectivity index is 1.83. The van der Waals surface area contributed by atoms with Gasteiger partial charge in [0.25, 0.3) is 5.91 Å². The molecule has 0 saturated heterocycles. The van der Waals surface area contributed by atoms with Gasteiger partial charge in [0.05, 0.1) is 17.3 Å². The molecule has 112 valence electrons. The number of nitrogens with zero attached hydrogens (tertiary/aromatic N) is 1. The molecule has 1 aromatic carbocycles. The van der Waals surface area contributed by atoms with Gasteiger partial charge in [0.15, 0.2) is 0 Å². The minimum atomic E-state index is -0.645. The van der Waals surface area contributed by atoms with E-state index in [2.05, 4.69) is 15.6 Å². The van der Waals surface area contributed by atoms with E-state index >= 15 is 0 Å². The fraction of sp³-hybridized carbons (Fsp3) is 0.133. The van der Waals surface area contributed by atoms with Crippen molar-refractivity contribution in [1.29, 1.82) is 0 Å². The second-order valence-electron chi connectivity index (χ2n) is 4.70. The maximum atomic E-state index is 13.8. The number of hydrogen-bond donors (Lipinski definition) is 2. The Morgan fingerprint density at radius 2 is 2.14 bits per heavy atom. The topological polar surface area (TPSA) is 70.6 Å². The average Bonchev–Trinajstić information content (AvgIpc) is 3.01. The van der Waals surface area contributed by atoms with Gasteiger partial charge in [0, 0.05) is 5.56 Å². The van der Waals surface area contributed by atoms with E-state index < -0.39 is 11.9 Å². The van der Waals surface area contributed by atoms with Crippen molar-refractivity contribution >= 4 is 29.1 Å². The smallest absolute Gasteiger partial charge is 0.268 e. The molecule has 5 nitrogen and oxygen atoms in total. The number of guanidine groups is 1. The van der Waals surface area contributed by atoms with Gasteiger partial charge in [0.1, 0.15) is 5.82 Å². The van der Waals surface area contributed by atoms with E-state index in [0.29, 0.717) is 10.4 Å². The van der Waals surface area contributed by atoms with Gasteiger partial charge in [-0.05, 0) is 17.5 Å². The molecule has 0 fully saturated rings. The predicted octanol–water partition coefficient (Wildman–Crippen LogP) is 2.23. The summed E-state index contributed by atoms with van der Waals surface area (Å²) in [5.41, 5.74) is 0.334. The van der Waals surface area contributed by atoms with Gasteiger partial charge in [0.2, 0.25) is 11.9 Å². The molecule has 22 heavy (non-hydrogen) atoms. The summed E-state index contributed by atoms with van der Waals surface area (Å²) in [7, 11) is 0. The van der Waals surface area contributed by atoms with Crippen LogP contribution in [0.15, 0.2) is 46.8 Å². The lowest BCUT2D eigenvalue weighted by atomic mass is 10.0. The molecule has 7 heteroatoms. The molecule has 0 saturated carbocycles. The van der Waals surface area contributed by atoms with Gasteiger partial charge in [-0.2, -0.15) is 0 Å². The van der Waals surface area contributed by atoms with Crippen molar-refractivity contribution in [3.63, 3.8) is 0 Å². The quantitative estimate of drug-likeness (QED) is 0.892. The lowest BCUT2D eigenvalue weighted by Crippen LogP contribution is -2.46. The normalized spacial score (nSPS) is 17.6. The summed E-state index contributed by atoms with van der Waals surface area (Å²) in [5.74, 6) is -1.05. The highest BCUT2D eigenvalue weighted by Crippen LogP contribution is 2.25. The monoisotopic (exact) mass is 317 g/mol. The molecular formula is C15H12FN3O2S. The molecule has 0 bridgehead atoms. The number of benzene rings is 1. The number of carbonyl (C=O) groups is 2. The fourth-order valence-corrected chi connectivity index (χ4v) is 2.78. The van der Waals surface area contributed by atoms with Crippen molar-refractivity contribution < 1.29 is 14.0 Å². The van der Waals surface area contributed by atoms with Crippen LogP contribution in [0.3, 0.4) is 0 Å². The van der Waals surface area contributed by atoms with Gasteiger partial charge in [-0.25, -0.2) is 9.38 Å². The largest absolute Gasteiger partial charge is 0.296 e. The number of halogens is 1. The predicted molar refractivity (Wildman–Crippen MR) is 81.1 cm³/mol. The Bertz CT molecular complexity index is 743. The number of rotatable bonds is 2. The van der Waals surface area contributed by atoms with Crippen LogP contribution in [0, 0.1) is 5.82 Å². The highest BCUT2D eigenvalue weighted by Gasteiger charge is 2.25. The Morgan fingerprint density at radius 1 is 1.32 bits per heavy atom. The summed E-state index contributed by atoms with van der Waals surface area (Å²) in [4.78, 5) is 28.5. The van der Waals surface area contributed by atoms with Crippen LogP contribution in [-0.2, 0) is 4.79 Å². The van der Waals surface area contributed by atoms with Crippen molar-refractivity contribution in [3.8, 4) is 0 Å². The van der Waals surface area contributed by atoms with Crippen molar-refractivity contribution in [2.24, 2.45) is 4.99 Å². The van der Waals surface area contributed by atoms with Gasteiger partial charge in [-0.1, -0.05) is 24.3 Å². The van der Waals surface area contributed by atoms with Gasteiger partial charge in [-0.15, -0.1) is 11.3 Å². The first-order valence-corrected chi connectivity index (χ1v) is 7.48. The third-order valence-corrected chi connectivity index (χ3v) is 4.03. The van der Waals surface area contributed by atoms with Crippen molar-refractivity contribution in [1.82, 2.24) is 10.6 Å². The Hall–Kier alpha value is -2.54. The summed E-state index contributed by atoms with van der Waals surface area (Å²) in [6, 6.07) is 8.94. The zero-order valence-electron chi connectivity index (χ0n) is 11.4. The molecule has 1 aliphatic heterocycles. The van der Waals surface area contributed by atoms with E-state index in [0.717, 1.165) is 0 Å². The van der Waals surface area contributed by atoms with Crippen molar-refractivity contribution in [2.75, 3.05) is 0 Å². The van der Waals surface area contributed by atoms with Crippen LogP contribution in [0.1, 0.15) is 27.7 Å². The molecular weight excluding hydrogens is 305 g/mol. The van der Waals surface area contributed by atoms with Crippen LogP contribution < -0.4 is 10.6 Å². The molecule has 0 radical (unpaired) electrons. The second-order valence-corrected chi connectivity index (χ2v) is 5.65. The number of carbonyl (C=O) groups excluding carboxylic acids is 2. The van der Waals surface area contributed by atoms with Crippen LogP contribution >= 0.6 is 11.3 Å². The average molecular weight is 317 g/mol. The number of thiophene rings is 1. The third-order valence-electron chi connectivity index (χ3n) is 3.16. The summed E-state index contributed by atoms with van der Waals surface area (Å²) in [6.07, 6.45) is 0.0410. The molecule has 3 rings (SSSR count). The lowest BCUT2D eigenvalue weighted by Gasteiger charge is -2.21. The molecule has 1 unspecified atom stereocenters. The molecule has 1 aliphatic rings. The summed E-state index contributed by atoms with van der Waals surface area (Å²) in [5, 5.41) is 6.80. The standard InChI is InChI=1S/C15H12FN3O2S/c16-10-5-2-1-4-9(10)11-8-13(20)18-15(17-11)19-14(21)12-6-3-7-22-12/h1-7,11H,8H2,(H2,17,18,19,20,21). The zero-order valence-corrected chi connectivity index (χ0v) is 12.2. The minimum Gasteiger partial charge on any atom is -0.296 e. The molecule has 2 aromatic rings. The van der Waals surface area contributed by atoms with Crippen LogP contribution in [0.4, 0.5) is 4.39 Å². The summed E-state index contributed by atoms with van der Waals surface area (Å²) in [6.45, 7) is 0. The number of hydrogen-bond acceptors (Lipinski definition) is 4. The fourth-order valence-electron chi connectivity index (χ4n) is 2.16. The maximum Gasteiger partial charge on any atom is 0.268 e. The first-order chi connectivity index (χ1) is 10.6. The van der Waals surface area contributed by atoms with Crippen molar-refractivity contribution in [3.05, 3.63) is 58.0 Å². The highest BCUT2D eigenvalue weighted by molar-refractivity contribution is 7.12. The lowest BCUT2D eigenvalue weighted by molar-refractivity contribution is -0.120. The number of aliphatic imine (C=N–C) groups is 1. The molecule has 0 aliphatic carbocycles. The van der Waals surface area contributed by atoms with Gasteiger partial charge in [-0.3, -0.25) is 20.2 Å². The Morgan fingerprint density at radius 3 is 2.86 bits per heavy atom. The molecule has 0 spiro atoms. The SMILES string of the molecule is O=C1CC(c2ccccc2F)N=C(NC(=O)c2cccs2)N1. The second kappa shape index (κ2) is 6.07. The Labute approximate surface area is 129 Å². The summed E-state index contributed by atoms with van der Waals surface area (Å²) < 4.78 is 13.8. The number of amides is 2. The van der Waals surface area contributed by atoms with E-state index in [-0.39, 0.29) is 24.2 Å². The van der Waals surface area contributed by atoms with Crippen LogP contribution in [0.5, 0.6) is 0 Å². The molecule has 1 aromatic heterocycles. The zero-order chi connectivity index (χ0) is 15.5. The molecule has 2 N–H and O–H groups in total. The molecule has 2 heterocycles. The van der Waals surface area contributed by atoms with E-state index in [1.54, 1.807) is 35.7 Å². The van der Waals surface area contributed by atoms with Crippen LogP contribution in [0.25, 0.3) is 0 Å². The van der Waals surface area contributed by atoms with E-state index in [1.807, 2.05) is 0 Å². The first-order valence-electron chi connectivity index (χ1n) is 6.60.